The van der Waals surface area contributed by atoms with Crippen LogP contribution in [0.2, 0.25) is 0 Å². The second kappa shape index (κ2) is 25.9. The minimum atomic E-state index is -0.613. The molecule has 206 valence electrons. The van der Waals surface area contributed by atoms with Gasteiger partial charge in [-0.2, -0.15) is 0 Å². The summed E-state index contributed by atoms with van der Waals surface area (Å²) in [7, 11) is 2.20. The smallest absolute Gasteiger partial charge is 0.126 e. The average molecular weight is 486 g/mol. The molecule has 0 aliphatic rings. The molecule has 2 unspecified atom stereocenters. The summed E-state index contributed by atoms with van der Waals surface area (Å²) in [4.78, 5) is 0. The summed E-state index contributed by atoms with van der Waals surface area (Å²) in [6.45, 7) is 5.55. The molecule has 4 N–H and O–H groups in total. The maximum Gasteiger partial charge on any atom is 0.126 e. The Labute approximate surface area is 214 Å². The van der Waals surface area contributed by atoms with Gasteiger partial charge in [-0.25, -0.2) is 0 Å². The molecule has 0 bridgehead atoms. The summed E-state index contributed by atoms with van der Waals surface area (Å²) < 4.78 is 0.831. The van der Waals surface area contributed by atoms with Crippen LogP contribution in [0.15, 0.2) is 0 Å². The number of hydrogen-bond donors (Lipinski definition) is 3. The fraction of sp³-hybridized carbons (Fsp3) is 1.00. The first-order valence-electron chi connectivity index (χ1n) is 15.4. The van der Waals surface area contributed by atoms with Crippen molar-refractivity contribution in [3.05, 3.63) is 0 Å². The van der Waals surface area contributed by atoms with Crippen LogP contribution in [-0.2, 0) is 0 Å². The number of likely N-dealkylation sites (N-methyl/N-ethyl adjacent to an activating group) is 1. The quantitative estimate of drug-likeness (QED) is 0.0801. The number of quaternary nitrogens is 1. The second-order valence-electron chi connectivity index (χ2n) is 11.3. The first kappa shape index (κ1) is 33.8. The lowest BCUT2D eigenvalue weighted by molar-refractivity contribution is -0.912. The van der Waals surface area contributed by atoms with E-state index in [1.54, 1.807) is 0 Å². The van der Waals surface area contributed by atoms with Crippen LogP contribution in [0.5, 0.6) is 0 Å². The van der Waals surface area contributed by atoms with Gasteiger partial charge in [0.1, 0.15) is 12.6 Å². The van der Waals surface area contributed by atoms with E-state index < -0.39 is 6.10 Å². The van der Waals surface area contributed by atoms with Crippen LogP contribution in [0, 0.1) is 0 Å². The Morgan fingerprint density at radius 1 is 0.559 bits per heavy atom. The van der Waals surface area contributed by atoms with Crippen molar-refractivity contribution in [2.24, 2.45) is 5.73 Å². The molecule has 0 saturated carbocycles. The third-order valence-electron chi connectivity index (χ3n) is 7.57. The van der Waals surface area contributed by atoms with Crippen LogP contribution < -0.4 is 5.73 Å². The zero-order valence-electron chi connectivity index (χ0n) is 23.6. The number of nitrogens with zero attached hydrogens (tertiary/aromatic N) is 1. The van der Waals surface area contributed by atoms with E-state index in [2.05, 4.69) is 14.0 Å². The molecule has 2 atom stereocenters. The fourth-order valence-corrected chi connectivity index (χ4v) is 5.26. The first-order chi connectivity index (χ1) is 16.6. The Balaban J connectivity index is 3.38. The van der Waals surface area contributed by atoms with Gasteiger partial charge in [0.25, 0.3) is 0 Å². The molecule has 0 rings (SSSR count). The van der Waals surface area contributed by atoms with Gasteiger partial charge in [-0.3, -0.25) is 0 Å². The molecule has 0 saturated heterocycles. The molecule has 4 heteroatoms. The summed E-state index contributed by atoms with van der Waals surface area (Å²) in [5.41, 5.74) is 5.69. The number of hydrogen-bond acceptors (Lipinski definition) is 3. The highest BCUT2D eigenvalue weighted by molar-refractivity contribution is 4.55. The van der Waals surface area contributed by atoms with E-state index in [4.69, 9.17) is 5.73 Å². The minimum absolute atomic E-state index is 0.143. The van der Waals surface area contributed by atoms with Crippen molar-refractivity contribution in [2.75, 3.05) is 39.8 Å². The van der Waals surface area contributed by atoms with Crippen LogP contribution in [0.1, 0.15) is 148 Å². The molecule has 0 aromatic carbocycles. The van der Waals surface area contributed by atoms with Crippen molar-refractivity contribution in [1.29, 1.82) is 0 Å². The topological polar surface area (TPSA) is 66.5 Å². The summed E-state index contributed by atoms with van der Waals surface area (Å²) >= 11 is 0. The SMILES string of the molecule is CCCCCCCCCCCCCCCCCCCCCCC[N+](C)(CCCN)CC(O)CO. The van der Waals surface area contributed by atoms with Gasteiger partial charge < -0.3 is 20.4 Å². The molecule has 0 aromatic heterocycles. The van der Waals surface area contributed by atoms with Gasteiger partial charge >= 0.3 is 0 Å². The fourth-order valence-electron chi connectivity index (χ4n) is 5.26. The van der Waals surface area contributed by atoms with Gasteiger partial charge in [0.2, 0.25) is 0 Å². The van der Waals surface area contributed by atoms with Crippen LogP contribution in [0.3, 0.4) is 0 Å². The van der Waals surface area contributed by atoms with Crippen LogP contribution >= 0.6 is 0 Å². The summed E-state index contributed by atoms with van der Waals surface area (Å²) in [5.74, 6) is 0. The number of rotatable bonds is 28. The maximum absolute atomic E-state index is 9.87. The Morgan fingerprint density at radius 2 is 0.882 bits per heavy atom. The average Bonchev–Trinajstić information content (AvgIpc) is 2.83. The predicted molar refractivity (Wildman–Crippen MR) is 150 cm³/mol. The molecule has 4 nitrogen and oxygen atoms in total. The lowest BCUT2D eigenvalue weighted by Gasteiger charge is -2.36. The third kappa shape index (κ3) is 23.6. The number of nitrogens with two attached hydrogens (primary N) is 1. The van der Waals surface area contributed by atoms with E-state index >= 15 is 0 Å². The zero-order chi connectivity index (χ0) is 25.2. The van der Waals surface area contributed by atoms with Crippen molar-refractivity contribution < 1.29 is 14.7 Å². The Bertz CT molecular complexity index is 394. The van der Waals surface area contributed by atoms with E-state index in [9.17, 15) is 10.2 Å². The van der Waals surface area contributed by atoms with Gasteiger partial charge in [-0.15, -0.1) is 0 Å². The van der Waals surface area contributed by atoms with Gasteiger partial charge in [0, 0.05) is 6.42 Å². The molecule has 0 aromatic rings. The summed E-state index contributed by atoms with van der Waals surface area (Å²) in [6, 6.07) is 0. The second-order valence-corrected chi connectivity index (χ2v) is 11.3. The first-order valence-corrected chi connectivity index (χ1v) is 15.4. The lowest BCUT2D eigenvalue weighted by Crippen LogP contribution is -2.51. The molecule has 0 fully saturated rings. The van der Waals surface area contributed by atoms with E-state index in [1.165, 1.54) is 135 Å². The van der Waals surface area contributed by atoms with Crippen molar-refractivity contribution >= 4 is 0 Å². The summed E-state index contributed by atoms with van der Waals surface area (Å²) in [5, 5.41) is 19.1. The standard InChI is InChI=1S/C30H65N2O2/c1-3-4-5-6-7-8-9-10-11-12-13-14-15-16-17-18-19-20-21-22-23-26-32(2,27-24-25-31)28-30(34)29-33/h30,33-34H,3-29,31H2,1-2H3/q+1. The molecule has 0 amide bonds. The zero-order valence-corrected chi connectivity index (χ0v) is 23.6. The summed E-state index contributed by atoms with van der Waals surface area (Å²) in [6.07, 6.45) is 30.0. The molecule has 34 heavy (non-hydrogen) atoms. The van der Waals surface area contributed by atoms with Crippen molar-refractivity contribution in [2.45, 2.75) is 154 Å². The normalized spacial score (nSPS) is 14.4. The highest BCUT2D eigenvalue weighted by Gasteiger charge is 2.24. The van der Waals surface area contributed by atoms with Crippen LogP contribution in [0.25, 0.3) is 0 Å². The van der Waals surface area contributed by atoms with Crippen molar-refractivity contribution in [1.82, 2.24) is 0 Å². The number of aliphatic hydroxyl groups is 2. The lowest BCUT2D eigenvalue weighted by atomic mass is 10.0. The van der Waals surface area contributed by atoms with E-state index in [0.717, 1.165) is 24.0 Å². The van der Waals surface area contributed by atoms with E-state index in [1.807, 2.05) is 0 Å². The van der Waals surface area contributed by atoms with Crippen LogP contribution in [-0.4, -0.2) is 60.6 Å². The Kier molecular flexibility index (Phi) is 25.8. The monoisotopic (exact) mass is 486 g/mol. The molecular formula is C30H65N2O2+. The van der Waals surface area contributed by atoms with Gasteiger partial charge in [-0.1, -0.05) is 129 Å². The van der Waals surface area contributed by atoms with Crippen molar-refractivity contribution in [3.63, 3.8) is 0 Å². The highest BCUT2D eigenvalue weighted by Crippen LogP contribution is 2.16. The van der Waals surface area contributed by atoms with Gasteiger partial charge in [-0.05, 0) is 19.4 Å². The van der Waals surface area contributed by atoms with Gasteiger partial charge in [0.15, 0.2) is 0 Å². The number of aliphatic hydroxyl groups excluding tert-OH is 2. The molecule has 0 aliphatic heterocycles. The molecular weight excluding hydrogens is 420 g/mol. The minimum Gasteiger partial charge on any atom is -0.393 e. The van der Waals surface area contributed by atoms with E-state index in [-0.39, 0.29) is 6.61 Å². The largest absolute Gasteiger partial charge is 0.393 e. The van der Waals surface area contributed by atoms with Crippen molar-refractivity contribution in [3.8, 4) is 0 Å². The number of unbranched alkanes of at least 4 members (excludes halogenated alkanes) is 20. The Hall–Kier alpha value is -0.160. The highest BCUT2D eigenvalue weighted by atomic mass is 16.3. The molecule has 0 spiro atoms. The maximum atomic E-state index is 9.87. The predicted octanol–water partition coefficient (Wildman–Crippen LogP) is 7.35. The Morgan fingerprint density at radius 3 is 1.21 bits per heavy atom. The van der Waals surface area contributed by atoms with Crippen LogP contribution in [0.4, 0.5) is 0 Å². The molecule has 0 aliphatic carbocycles. The third-order valence-corrected chi connectivity index (χ3v) is 7.57. The molecule has 0 radical (unpaired) electrons. The molecule has 0 heterocycles. The van der Waals surface area contributed by atoms with E-state index in [0.29, 0.717) is 13.1 Å². The van der Waals surface area contributed by atoms with Gasteiger partial charge in [0.05, 0.1) is 26.7 Å².